The molecule has 3 rings (SSSR count). The third-order valence-electron chi connectivity index (χ3n) is 4.73. The summed E-state index contributed by atoms with van der Waals surface area (Å²) >= 11 is 10.5. The Morgan fingerprint density at radius 2 is 1.45 bits per heavy atom. The fraction of sp³-hybridized carbons (Fsp3) is 0.160. The Morgan fingerprint density at radius 1 is 0.818 bits per heavy atom. The number of methoxy groups -OCH3 is 3. The molecule has 0 unspecified atom stereocenters. The van der Waals surface area contributed by atoms with Gasteiger partial charge in [-0.3, -0.25) is 4.79 Å². The molecule has 0 saturated heterocycles. The average Bonchev–Trinajstić information content (AvgIpc) is 2.81. The number of hydrogen-bond donors (Lipinski definition) is 0. The second-order valence-corrected chi connectivity index (χ2v) is 9.45. The second kappa shape index (κ2) is 11.7. The third kappa shape index (κ3) is 6.40. The smallest absolute Gasteiger partial charge is 0.185 e. The van der Waals surface area contributed by atoms with Crippen molar-refractivity contribution in [1.82, 2.24) is 0 Å². The summed E-state index contributed by atoms with van der Waals surface area (Å²) in [4.78, 5) is 12.7. The molecule has 0 radical (unpaired) electrons. The molecule has 3 aromatic carbocycles. The van der Waals surface area contributed by atoms with Gasteiger partial charge in [-0.2, -0.15) is 0 Å². The molecule has 0 aliphatic carbocycles. The van der Waals surface area contributed by atoms with Crippen molar-refractivity contribution in [2.24, 2.45) is 0 Å². The van der Waals surface area contributed by atoms with E-state index in [1.165, 1.54) is 13.2 Å². The van der Waals surface area contributed by atoms with Gasteiger partial charge >= 0.3 is 0 Å². The zero-order valence-corrected chi connectivity index (χ0v) is 22.9. The van der Waals surface area contributed by atoms with Gasteiger partial charge in [0.05, 0.1) is 30.3 Å². The predicted molar refractivity (Wildman–Crippen MR) is 140 cm³/mol. The summed E-state index contributed by atoms with van der Waals surface area (Å²) in [5.41, 5.74) is 2.20. The van der Waals surface area contributed by atoms with Gasteiger partial charge < -0.3 is 18.9 Å². The van der Waals surface area contributed by atoms with Crippen molar-refractivity contribution in [3.05, 3.63) is 84.7 Å². The molecule has 0 aliphatic heterocycles. The minimum atomic E-state index is -0.146. The highest BCUT2D eigenvalue weighted by Crippen LogP contribution is 2.37. The number of carbonyl (C=O) groups excluding carboxylic acids is 1. The minimum absolute atomic E-state index is 0.146. The van der Waals surface area contributed by atoms with Gasteiger partial charge in [-0.15, -0.1) is 0 Å². The molecule has 0 atom stereocenters. The first-order valence-electron chi connectivity index (χ1n) is 9.75. The molecular weight excluding hydrogens is 620 g/mol. The van der Waals surface area contributed by atoms with Crippen LogP contribution in [0.15, 0.2) is 68.0 Å². The number of ether oxygens (including phenoxy) is 4. The molecule has 0 bridgehead atoms. The third-order valence-corrected chi connectivity index (χ3v) is 6.37. The van der Waals surface area contributed by atoms with Crippen molar-refractivity contribution in [3.8, 4) is 23.0 Å². The van der Waals surface area contributed by atoms with Crippen LogP contribution in [-0.4, -0.2) is 27.1 Å². The quantitative estimate of drug-likeness (QED) is 0.179. The van der Waals surface area contributed by atoms with Gasteiger partial charge in [0.25, 0.3) is 0 Å². The van der Waals surface area contributed by atoms with E-state index in [9.17, 15) is 4.79 Å². The molecule has 172 valence electrons. The van der Waals surface area contributed by atoms with E-state index < -0.39 is 0 Å². The largest absolute Gasteiger partial charge is 0.496 e. The summed E-state index contributed by atoms with van der Waals surface area (Å²) in [5.74, 6) is 2.31. The van der Waals surface area contributed by atoms with Gasteiger partial charge in [0.2, 0.25) is 0 Å². The summed E-state index contributed by atoms with van der Waals surface area (Å²) in [5, 5.41) is 0. The zero-order valence-electron chi connectivity index (χ0n) is 18.2. The lowest BCUT2D eigenvalue weighted by Gasteiger charge is -2.14. The van der Waals surface area contributed by atoms with Crippen LogP contribution >= 0.6 is 47.8 Å². The monoisotopic (exact) mass is 638 g/mol. The van der Waals surface area contributed by atoms with Gasteiger partial charge in [0.15, 0.2) is 17.3 Å². The van der Waals surface area contributed by atoms with Gasteiger partial charge in [0.1, 0.15) is 18.1 Å². The Balaban J connectivity index is 1.79. The number of allylic oxidation sites excluding steroid dienone is 1. The van der Waals surface area contributed by atoms with Crippen LogP contribution in [0.4, 0.5) is 0 Å². The van der Waals surface area contributed by atoms with Crippen LogP contribution in [-0.2, 0) is 6.61 Å². The number of ketones is 1. The van der Waals surface area contributed by atoms with Crippen LogP contribution in [0.1, 0.15) is 21.5 Å². The topological polar surface area (TPSA) is 54.0 Å². The highest BCUT2D eigenvalue weighted by atomic mass is 79.9. The van der Waals surface area contributed by atoms with Crippen LogP contribution in [0, 0.1) is 0 Å². The number of rotatable bonds is 9. The lowest BCUT2D eigenvalue weighted by atomic mass is 10.1. The van der Waals surface area contributed by atoms with E-state index in [-0.39, 0.29) is 12.4 Å². The molecule has 0 heterocycles. The van der Waals surface area contributed by atoms with Gasteiger partial charge in [-0.05, 0) is 86.0 Å². The molecule has 0 amide bonds. The standard InChI is InChI=1S/C25H21Br3O5/c1-30-22-8-5-15(4-7-21(29)16-6-9-23(31-2)24(11-16)32-3)10-17(22)14-33-25-19(27)12-18(26)13-20(25)28/h4-13H,14H2,1-3H3/b7-4+. The Kier molecular flexibility index (Phi) is 9.00. The maximum atomic E-state index is 12.7. The van der Waals surface area contributed by atoms with Crippen molar-refractivity contribution in [2.45, 2.75) is 6.61 Å². The summed E-state index contributed by atoms with van der Waals surface area (Å²) in [6.45, 7) is 0.285. The van der Waals surface area contributed by atoms with Gasteiger partial charge in [0, 0.05) is 15.6 Å². The first-order valence-corrected chi connectivity index (χ1v) is 12.1. The molecule has 0 saturated carbocycles. The number of benzene rings is 3. The summed E-state index contributed by atoms with van der Waals surface area (Å²) in [7, 11) is 4.70. The van der Waals surface area contributed by atoms with Crippen molar-refractivity contribution in [3.63, 3.8) is 0 Å². The van der Waals surface area contributed by atoms with E-state index in [1.807, 2.05) is 30.3 Å². The maximum absolute atomic E-state index is 12.7. The molecule has 0 spiro atoms. The molecular formula is C25H21Br3O5. The van der Waals surface area contributed by atoms with Crippen LogP contribution in [0.25, 0.3) is 6.08 Å². The van der Waals surface area contributed by atoms with Crippen LogP contribution in [0.3, 0.4) is 0 Å². The van der Waals surface area contributed by atoms with Crippen molar-refractivity contribution >= 4 is 59.6 Å². The fourth-order valence-electron chi connectivity index (χ4n) is 3.09. The van der Waals surface area contributed by atoms with Gasteiger partial charge in [-0.25, -0.2) is 0 Å². The van der Waals surface area contributed by atoms with E-state index in [0.717, 1.165) is 24.5 Å². The lowest BCUT2D eigenvalue weighted by Crippen LogP contribution is -2.01. The maximum Gasteiger partial charge on any atom is 0.185 e. The highest BCUT2D eigenvalue weighted by molar-refractivity contribution is 9.11. The summed E-state index contributed by atoms with van der Waals surface area (Å²) < 4.78 is 24.6. The molecule has 0 fully saturated rings. The van der Waals surface area contributed by atoms with Crippen molar-refractivity contribution < 1.29 is 23.7 Å². The van der Waals surface area contributed by atoms with Crippen LogP contribution in [0.5, 0.6) is 23.0 Å². The van der Waals surface area contributed by atoms with E-state index in [2.05, 4.69) is 47.8 Å². The average molecular weight is 641 g/mol. The predicted octanol–water partition coefficient (Wildman–Crippen LogP) is 7.48. The van der Waals surface area contributed by atoms with Crippen molar-refractivity contribution in [2.75, 3.05) is 21.3 Å². The summed E-state index contributed by atoms with van der Waals surface area (Å²) in [6.07, 6.45) is 3.28. The van der Waals surface area contributed by atoms with Crippen LogP contribution in [0.2, 0.25) is 0 Å². The number of hydrogen-bond acceptors (Lipinski definition) is 5. The number of halogens is 3. The molecule has 5 nitrogen and oxygen atoms in total. The molecule has 8 heteroatoms. The first kappa shape index (κ1) is 25.3. The second-order valence-electron chi connectivity index (χ2n) is 6.83. The Morgan fingerprint density at radius 3 is 2.09 bits per heavy atom. The normalized spacial score (nSPS) is 10.8. The summed E-state index contributed by atoms with van der Waals surface area (Å²) in [6, 6.07) is 14.6. The number of carbonyl (C=O) groups is 1. The molecule has 0 N–H and O–H groups in total. The Bertz CT molecular complexity index is 1170. The first-order chi connectivity index (χ1) is 15.9. The Hall–Kier alpha value is -2.29. The highest BCUT2D eigenvalue weighted by Gasteiger charge is 2.12. The Labute approximate surface area is 218 Å². The molecule has 33 heavy (non-hydrogen) atoms. The SMILES string of the molecule is COc1ccc(/C=C/C(=O)c2ccc(OC)c(OC)c2)cc1COc1c(Br)cc(Br)cc1Br. The van der Waals surface area contributed by atoms with Crippen molar-refractivity contribution in [1.29, 1.82) is 0 Å². The van der Waals surface area contributed by atoms with E-state index in [0.29, 0.717) is 28.6 Å². The van der Waals surface area contributed by atoms with E-state index >= 15 is 0 Å². The van der Waals surface area contributed by atoms with Crippen LogP contribution < -0.4 is 18.9 Å². The lowest BCUT2D eigenvalue weighted by molar-refractivity contribution is 0.104. The minimum Gasteiger partial charge on any atom is -0.496 e. The van der Waals surface area contributed by atoms with Gasteiger partial charge in [-0.1, -0.05) is 28.1 Å². The molecule has 3 aromatic rings. The van der Waals surface area contributed by atoms with E-state index in [1.54, 1.807) is 38.5 Å². The fourth-order valence-corrected chi connectivity index (χ4v) is 5.58. The zero-order chi connectivity index (χ0) is 24.0. The van der Waals surface area contributed by atoms with E-state index in [4.69, 9.17) is 18.9 Å². The molecule has 0 aliphatic rings. The molecule has 0 aromatic heterocycles.